The number of nitrogens with two attached hydrogens (primary N) is 1. The molecule has 2 N–H and O–H groups in total. The van der Waals surface area contributed by atoms with Crippen molar-refractivity contribution in [1.82, 2.24) is 0 Å². The Balaban J connectivity index is 3.44. The average molecular weight is 161 g/mol. The van der Waals surface area contributed by atoms with Crippen LogP contribution >= 0.6 is 0 Å². The zero-order chi connectivity index (χ0) is 9.14. The summed E-state index contributed by atoms with van der Waals surface area (Å²) in [6.45, 7) is 13.3. The third-order valence-corrected chi connectivity index (χ3v) is 1.33. The number of hydrogen-bond acceptors (Lipinski definition) is 1. The van der Waals surface area contributed by atoms with E-state index in [2.05, 4.69) is 9.69 Å². The molecule has 0 aliphatic carbocycles. The summed E-state index contributed by atoms with van der Waals surface area (Å²) in [7, 11) is 0. The molecule has 0 atom stereocenters. The van der Waals surface area contributed by atoms with E-state index in [1.54, 1.807) is 0 Å². The number of benzene rings is 1. The van der Waals surface area contributed by atoms with Crippen molar-refractivity contribution in [2.75, 3.05) is 5.73 Å². The molecule has 0 heterocycles. The molecule has 0 fully saturated rings. The first kappa shape index (κ1) is 8.03. The van der Waals surface area contributed by atoms with Gasteiger partial charge in [-0.3, -0.25) is 4.85 Å². The SMILES string of the molecule is [C-]#[N+]c1cc(N)c(F)cc1[N+]#[C-]. The highest BCUT2D eigenvalue weighted by atomic mass is 19.1. The topological polar surface area (TPSA) is 34.7 Å². The van der Waals surface area contributed by atoms with E-state index in [4.69, 9.17) is 18.9 Å². The molecule has 0 bridgehead atoms. The summed E-state index contributed by atoms with van der Waals surface area (Å²) in [5.41, 5.74) is 5.18. The Morgan fingerprint density at radius 2 is 1.67 bits per heavy atom. The summed E-state index contributed by atoms with van der Waals surface area (Å²) >= 11 is 0. The molecule has 1 aromatic carbocycles. The summed E-state index contributed by atoms with van der Waals surface area (Å²) in [5, 5.41) is 0. The van der Waals surface area contributed by atoms with Crippen molar-refractivity contribution in [3.05, 3.63) is 40.8 Å². The molecule has 4 heteroatoms. The van der Waals surface area contributed by atoms with E-state index in [1.165, 1.54) is 0 Å². The van der Waals surface area contributed by atoms with E-state index in [1.807, 2.05) is 0 Å². The van der Waals surface area contributed by atoms with Crippen molar-refractivity contribution in [1.29, 1.82) is 0 Å². The molecule has 0 radical (unpaired) electrons. The first-order chi connectivity index (χ1) is 5.69. The number of halogens is 1. The van der Waals surface area contributed by atoms with Gasteiger partial charge in [-0.25, -0.2) is 9.24 Å². The molecule has 58 valence electrons. The molecular formula is C8H4FN3. The van der Waals surface area contributed by atoms with Gasteiger partial charge in [-0.15, -0.1) is 0 Å². The van der Waals surface area contributed by atoms with E-state index >= 15 is 0 Å². The summed E-state index contributed by atoms with van der Waals surface area (Å²) < 4.78 is 12.7. The molecule has 3 nitrogen and oxygen atoms in total. The lowest BCUT2D eigenvalue weighted by atomic mass is 10.2. The molecule has 0 saturated heterocycles. The minimum absolute atomic E-state index is 0.00306. The van der Waals surface area contributed by atoms with E-state index in [9.17, 15) is 4.39 Å². The van der Waals surface area contributed by atoms with Gasteiger partial charge in [0.05, 0.1) is 18.8 Å². The molecule has 0 spiro atoms. The van der Waals surface area contributed by atoms with Crippen LogP contribution in [0, 0.1) is 19.0 Å². The maximum atomic E-state index is 12.7. The van der Waals surface area contributed by atoms with Crippen LogP contribution in [0.1, 0.15) is 0 Å². The number of anilines is 1. The smallest absolute Gasteiger partial charge is 0.197 e. The van der Waals surface area contributed by atoms with Crippen molar-refractivity contribution < 1.29 is 4.39 Å². The second-order valence-corrected chi connectivity index (χ2v) is 2.09. The zero-order valence-electron chi connectivity index (χ0n) is 6.00. The Morgan fingerprint density at radius 1 is 1.17 bits per heavy atom. The van der Waals surface area contributed by atoms with Gasteiger partial charge in [0.1, 0.15) is 5.82 Å². The van der Waals surface area contributed by atoms with Crippen molar-refractivity contribution in [2.24, 2.45) is 0 Å². The lowest BCUT2D eigenvalue weighted by Gasteiger charge is -1.98. The lowest BCUT2D eigenvalue weighted by molar-refractivity contribution is 0.633. The van der Waals surface area contributed by atoms with Crippen LogP contribution in [0.15, 0.2) is 12.1 Å². The van der Waals surface area contributed by atoms with Gasteiger partial charge in [0.2, 0.25) is 0 Å². The maximum Gasteiger partial charge on any atom is 0.197 e. The van der Waals surface area contributed by atoms with Crippen molar-refractivity contribution in [2.45, 2.75) is 0 Å². The molecule has 0 unspecified atom stereocenters. The Morgan fingerprint density at radius 3 is 2.17 bits per heavy atom. The second-order valence-electron chi connectivity index (χ2n) is 2.09. The quantitative estimate of drug-likeness (QED) is 0.460. The van der Waals surface area contributed by atoms with Crippen LogP contribution in [0.4, 0.5) is 21.5 Å². The van der Waals surface area contributed by atoms with Gasteiger partial charge in [0.15, 0.2) is 11.4 Å². The molecule has 0 amide bonds. The highest BCUT2D eigenvalue weighted by Crippen LogP contribution is 2.31. The number of nitrogen functional groups attached to an aromatic ring is 1. The molecule has 0 aliphatic heterocycles. The van der Waals surface area contributed by atoms with Gasteiger partial charge < -0.3 is 5.73 Å². The average Bonchev–Trinajstić information content (AvgIpc) is 2.09. The van der Waals surface area contributed by atoms with Gasteiger partial charge in [-0.1, -0.05) is 0 Å². The van der Waals surface area contributed by atoms with Gasteiger partial charge in [-0.05, 0) is 12.1 Å². The molecular weight excluding hydrogens is 157 g/mol. The van der Waals surface area contributed by atoms with Crippen LogP contribution < -0.4 is 5.73 Å². The largest absolute Gasteiger partial charge is 0.397 e. The summed E-state index contributed by atoms with van der Waals surface area (Å²) in [5.74, 6) is -0.659. The number of hydrogen-bond donors (Lipinski definition) is 1. The highest BCUT2D eigenvalue weighted by molar-refractivity contribution is 5.74. The van der Waals surface area contributed by atoms with Gasteiger partial charge >= 0.3 is 0 Å². The first-order valence-corrected chi connectivity index (χ1v) is 3.03. The molecule has 0 saturated carbocycles. The Hall–Kier alpha value is -2.07. The zero-order valence-corrected chi connectivity index (χ0v) is 6.00. The minimum Gasteiger partial charge on any atom is -0.397 e. The van der Waals surface area contributed by atoms with Crippen LogP contribution in [0.5, 0.6) is 0 Å². The number of rotatable bonds is 0. The van der Waals surface area contributed by atoms with Crippen LogP contribution in [0.3, 0.4) is 0 Å². The third kappa shape index (κ3) is 1.18. The minimum atomic E-state index is -0.659. The fraction of sp³-hybridized carbons (Fsp3) is 0. The molecule has 1 aromatic rings. The van der Waals surface area contributed by atoms with Crippen molar-refractivity contribution >= 4 is 17.1 Å². The van der Waals surface area contributed by atoms with E-state index < -0.39 is 5.82 Å². The van der Waals surface area contributed by atoms with Crippen molar-refractivity contribution in [3.63, 3.8) is 0 Å². The molecule has 0 aliphatic rings. The monoisotopic (exact) mass is 161 g/mol. The number of nitrogens with zero attached hydrogens (tertiary/aromatic N) is 2. The molecule has 0 aromatic heterocycles. The van der Waals surface area contributed by atoms with Crippen LogP contribution in [-0.4, -0.2) is 0 Å². The summed E-state index contributed by atoms with van der Waals surface area (Å²) in [6.07, 6.45) is 0. The van der Waals surface area contributed by atoms with Gasteiger partial charge in [0, 0.05) is 0 Å². The van der Waals surface area contributed by atoms with E-state index in [0.29, 0.717) is 0 Å². The van der Waals surface area contributed by atoms with E-state index in [0.717, 1.165) is 12.1 Å². The third-order valence-electron chi connectivity index (χ3n) is 1.33. The lowest BCUT2D eigenvalue weighted by Crippen LogP contribution is -1.88. The van der Waals surface area contributed by atoms with Gasteiger partial charge in [0.25, 0.3) is 0 Å². The second kappa shape index (κ2) is 2.89. The normalized spacial score (nSPS) is 8.58. The summed E-state index contributed by atoms with van der Waals surface area (Å²) in [6, 6.07) is 2.13. The fourth-order valence-electron chi connectivity index (χ4n) is 0.747. The van der Waals surface area contributed by atoms with Crippen LogP contribution in [0.25, 0.3) is 9.69 Å². The molecule has 1 rings (SSSR count). The predicted octanol–water partition coefficient (Wildman–Crippen LogP) is 2.51. The standard InChI is InChI=1S/C8H4FN3/c1-11-7-3-5(9)6(10)4-8(7)12-2/h3-4H,10H2. The predicted molar refractivity (Wildman–Crippen MR) is 43.3 cm³/mol. The van der Waals surface area contributed by atoms with Crippen LogP contribution in [-0.2, 0) is 0 Å². The Kier molecular flexibility index (Phi) is 1.94. The Labute approximate surface area is 68.9 Å². The fourth-order valence-corrected chi connectivity index (χ4v) is 0.747. The summed E-state index contributed by atoms with van der Waals surface area (Å²) in [4.78, 5) is 6.02. The highest BCUT2D eigenvalue weighted by Gasteiger charge is 2.06. The van der Waals surface area contributed by atoms with Crippen LogP contribution in [0.2, 0.25) is 0 Å². The molecule has 12 heavy (non-hydrogen) atoms. The van der Waals surface area contributed by atoms with E-state index in [-0.39, 0.29) is 17.1 Å². The Bertz CT molecular complexity index is 359. The first-order valence-electron chi connectivity index (χ1n) is 3.03. The maximum absolute atomic E-state index is 12.7. The van der Waals surface area contributed by atoms with Gasteiger partial charge in [-0.2, -0.15) is 0 Å². The van der Waals surface area contributed by atoms with Crippen molar-refractivity contribution in [3.8, 4) is 0 Å².